The van der Waals surface area contributed by atoms with E-state index in [9.17, 15) is 0 Å². The van der Waals surface area contributed by atoms with Gasteiger partial charge in [0.2, 0.25) is 0 Å². The maximum Gasteiger partial charge on any atom is 0.112 e. The highest BCUT2D eigenvalue weighted by atomic mass is 79.9. The summed E-state index contributed by atoms with van der Waals surface area (Å²) in [6.45, 7) is 1.05. The molecule has 1 N–H and O–H groups in total. The number of anilines is 1. The Hall–Kier alpha value is -1.16. The number of hydrogen-bond acceptors (Lipinski definition) is 3. The Morgan fingerprint density at radius 2 is 2.24 bits per heavy atom. The van der Waals surface area contributed by atoms with Crippen molar-refractivity contribution in [1.82, 2.24) is 9.97 Å². The van der Waals surface area contributed by atoms with Crippen LogP contribution in [0.25, 0.3) is 11.0 Å². The van der Waals surface area contributed by atoms with Crippen LogP contribution in [0, 0.1) is 5.92 Å². The van der Waals surface area contributed by atoms with Gasteiger partial charge in [0.15, 0.2) is 0 Å². The Morgan fingerprint density at radius 1 is 1.35 bits per heavy atom. The smallest absolute Gasteiger partial charge is 0.112 e. The second-order valence-electron chi connectivity index (χ2n) is 4.56. The van der Waals surface area contributed by atoms with Gasteiger partial charge in [-0.1, -0.05) is 6.42 Å². The summed E-state index contributed by atoms with van der Waals surface area (Å²) in [5, 5.41) is 3.49. The summed E-state index contributed by atoms with van der Waals surface area (Å²) in [7, 11) is 0. The summed E-state index contributed by atoms with van der Waals surface area (Å²) in [5.74, 6) is 0.841. The van der Waals surface area contributed by atoms with Gasteiger partial charge >= 0.3 is 0 Å². The first-order chi connectivity index (χ1) is 8.33. The van der Waals surface area contributed by atoms with Crippen molar-refractivity contribution in [2.45, 2.75) is 19.3 Å². The van der Waals surface area contributed by atoms with Crippen LogP contribution >= 0.6 is 15.9 Å². The number of nitrogens with one attached hydrogen (secondary N) is 1. The van der Waals surface area contributed by atoms with Crippen molar-refractivity contribution in [1.29, 1.82) is 0 Å². The molecule has 1 aliphatic carbocycles. The van der Waals surface area contributed by atoms with E-state index < -0.39 is 0 Å². The van der Waals surface area contributed by atoms with E-state index in [4.69, 9.17) is 0 Å². The SMILES string of the molecule is Brc1cnc2c(NCC3CCC3)ccnc2c1. The molecule has 1 fully saturated rings. The van der Waals surface area contributed by atoms with Crippen LogP contribution in [0.15, 0.2) is 29.0 Å². The van der Waals surface area contributed by atoms with Crippen LogP contribution < -0.4 is 5.32 Å². The lowest BCUT2D eigenvalue weighted by Gasteiger charge is -2.26. The van der Waals surface area contributed by atoms with Crippen molar-refractivity contribution in [2.75, 3.05) is 11.9 Å². The molecule has 0 atom stereocenters. The Labute approximate surface area is 109 Å². The first kappa shape index (κ1) is 11.0. The highest BCUT2D eigenvalue weighted by Gasteiger charge is 2.17. The molecule has 2 aromatic heterocycles. The quantitative estimate of drug-likeness (QED) is 0.939. The molecule has 0 amide bonds. The van der Waals surface area contributed by atoms with Crippen molar-refractivity contribution in [3.63, 3.8) is 0 Å². The summed E-state index contributed by atoms with van der Waals surface area (Å²) < 4.78 is 0.966. The van der Waals surface area contributed by atoms with Gasteiger partial charge in [0, 0.05) is 23.4 Å². The fourth-order valence-corrected chi connectivity index (χ4v) is 2.42. The van der Waals surface area contributed by atoms with E-state index in [2.05, 4.69) is 31.2 Å². The summed E-state index contributed by atoms with van der Waals surface area (Å²) in [4.78, 5) is 8.76. The van der Waals surface area contributed by atoms with Crippen LogP contribution in [0.5, 0.6) is 0 Å². The van der Waals surface area contributed by atoms with E-state index in [1.165, 1.54) is 19.3 Å². The summed E-state index contributed by atoms with van der Waals surface area (Å²) in [6.07, 6.45) is 7.75. The molecule has 0 spiro atoms. The van der Waals surface area contributed by atoms with Gasteiger partial charge in [-0.05, 0) is 46.8 Å². The zero-order chi connectivity index (χ0) is 11.7. The Kier molecular flexibility index (Phi) is 2.97. The third-order valence-corrected chi connectivity index (χ3v) is 3.78. The number of hydrogen-bond donors (Lipinski definition) is 1. The predicted octanol–water partition coefficient (Wildman–Crippen LogP) is 3.60. The third kappa shape index (κ3) is 2.27. The molecular formula is C13H14BrN3. The minimum atomic E-state index is 0.841. The van der Waals surface area contributed by atoms with Gasteiger partial charge in [0.05, 0.1) is 11.2 Å². The number of halogens is 1. The van der Waals surface area contributed by atoms with Gasteiger partial charge in [0.1, 0.15) is 5.52 Å². The van der Waals surface area contributed by atoms with Crippen LogP contribution in [0.2, 0.25) is 0 Å². The molecule has 1 saturated carbocycles. The van der Waals surface area contributed by atoms with E-state index in [0.717, 1.165) is 33.7 Å². The van der Waals surface area contributed by atoms with E-state index in [1.54, 1.807) is 0 Å². The van der Waals surface area contributed by atoms with Crippen LogP contribution in [-0.2, 0) is 0 Å². The molecule has 17 heavy (non-hydrogen) atoms. The van der Waals surface area contributed by atoms with Gasteiger partial charge in [-0.3, -0.25) is 9.97 Å². The predicted molar refractivity (Wildman–Crippen MR) is 73.1 cm³/mol. The number of pyridine rings is 2. The average molecular weight is 292 g/mol. The molecule has 2 aromatic rings. The molecule has 0 unspecified atom stereocenters. The maximum absolute atomic E-state index is 4.43. The Bertz CT molecular complexity index is 537. The van der Waals surface area contributed by atoms with E-state index in [-0.39, 0.29) is 0 Å². The van der Waals surface area contributed by atoms with Crippen LogP contribution in [-0.4, -0.2) is 16.5 Å². The number of fused-ring (bicyclic) bond motifs is 1. The Balaban J connectivity index is 1.87. The zero-order valence-electron chi connectivity index (χ0n) is 9.49. The van der Waals surface area contributed by atoms with Gasteiger partial charge in [0.25, 0.3) is 0 Å². The molecule has 0 saturated heterocycles. The van der Waals surface area contributed by atoms with Crippen molar-refractivity contribution in [3.05, 3.63) is 29.0 Å². The molecule has 88 valence electrons. The van der Waals surface area contributed by atoms with Gasteiger partial charge in [-0.2, -0.15) is 0 Å². The second kappa shape index (κ2) is 4.61. The maximum atomic E-state index is 4.43. The van der Waals surface area contributed by atoms with Crippen molar-refractivity contribution in [3.8, 4) is 0 Å². The number of aromatic nitrogens is 2. The van der Waals surface area contributed by atoms with Crippen molar-refractivity contribution >= 4 is 32.7 Å². The summed E-state index contributed by atoms with van der Waals surface area (Å²) in [5.41, 5.74) is 2.97. The van der Waals surface area contributed by atoms with Crippen molar-refractivity contribution < 1.29 is 0 Å². The largest absolute Gasteiger partial charge is 0.383 e. The highest BCUT2D eigenvalue weighted by Crippen LogP contribution is 2.28. The number of rotatable bonds is 3. The molecule has 1 aliphatic rings. The molecule has 0 bridgehead atoms. The van der Waals surface area contributed by atoms with E-state index >= 15 is 0 Å². The van der Waals surface area contributed by atoms with Crippen LogP contribution in [0.1, 0.15) is 19.3 Å². The molecule has 0 aliphatic heterocycles. The van der Waals surface area contributed by atoms with Gasteiger partial charge in [-0.15, -0.1) is 0 Å². The molecule has 0 radical (unpaired) electrons. The number of nitrogens with zero attached hydrogens (tertiary/aromatic N) is 2. The van der Waals surface area contributed by atoms with Crippen LogP contribution in [0.3, 0.4) is 0 Å². The second-order valence-corrected chi connectivity index (χ2v) is 5.47. The highest BCUT2D eigenvalue weighted by molar-refractivity contribution is 9.10. The standard InChI is InChI=1S/C13H14BrN3/c14-10-6-12-13(17-8-10)11(4-5-15-12)16-7-9-2-1-3-9/h4-6,8-9H,1-3,7H2,(H,15,16). The summed E-state index contributed by atoms with van der Waals surface area (Å²) >= 11 is 3.42. The monoisotopic (exact) mass is 291 g/mol. The molecule has 3 rings (SSSR count). The van der Waals surface area contributed by atoms with E-state index in [0.29, 0.717) is 0 Å². The Morgan fingerprint density at radius 3 is 3.00 bits per heavy atom. The van der Waals surface area contributed by atoms with Gasteiger partial charge < -0.3 is 5.32 Å². The fourth-order valence-electron chi connectivity index (χ4n) is 2.10. The lowest BCUT2D eigenvalue weighted by molar-refractivity contribution is 0.333. The molecule has 4 heteroatoms. The van der Waals surface area contributed by atoms with Crippen LogP contribution in [0.4, 0.5) is 5.69 Å². The molecule has 0 aromatic carbocycles. The molecule has 3 nitrogen and oxygen atoms in total. The normalized spacial score (nSPS) is 15.8. The first-order valence-corrected chi connectivity index (χ1v) is 6.76. The molecule has 2 heterocycles. The topological polar surface area (TPSA) is 37.8 Å². The minimum absolute atomic E-state index is 0.841. The molecular weight excluding hydrogens is 278 g/mol. The summed E-state index contributed by atoms with van der Waals surface area (Å²) in [6, 6.07) is 4.00. The average Bonchev–Trinajstić information content (AvgIpc) is 2.26. The lowest BCUT2D eigenvalue weighted by Crippen LogP contribution is -2.21. The lowest BCUT2D eigenvalue weighted by atomic mass is 9.85. The van der Waals surface area contributed by atoms with Gasteiger partial charge in [-0.25, -0.2) is 0 Å². The third-order valence-electron chi connectivity index (χ3n) is 3.35. The zero-order valence-corrected chi connectivity index (χ0v) is 11.1. The van der Waals surface area contributed by atoms with E-state index in [1.807, 2.05) is 24.5 Å². The minimum Gasteiger partial charge on any atom is -0.383 e. The van der Waals surface area contributed by atoms with Crippen molar-refractivity contribution in [2.24, 2.45) is 5.92 Å². The fraction of sp³-hybridized carbons (Fsp3) is 0.385. The first-order valence-electron chi connectivity index (χ1n) is 5.97.